The zero-order chi connectivity index (χ0) is 21.0. The Morgan fingerprint density at radius 1 is 1.07 bits per heavy atom. The fourth-order valence-electron chi connectivity index (χ4n) is 2.59. The molecule has 0 saturated heterocycles. The highest BCUT2D eigenvalue weighted by Gasteiger charge is 2.23. The Morgan fingerprint density at radius 2 is 1.71 bits per heavy atom. The molecule has 0 saturated carbocycles. The third-order valence-electron chi connectivity index (χ3n) is 3.99. The highest BCUT2D eigenvalue weighted by Crippen LogP contribution is 2.33. The SMILES string of the molecule is CCOC(=O)c1c(NC(=O)COC(=O)c2c(C)cc(=O)oc2C)sc(C)c1C. The molecule has 0 radical (unpaired) electrons. The molecule has 150 valence electrons. The van der Waals surface area contributed by atoms with E-state index < -0.39 is 30.1 Å². The van der Waals surface area contributed by atoms with Gasteiger partial charge in [-0.15, -0.1) is 11.3 Å². The van der Waals surface area contributed by atoms with Crippen molar-refractivity contribution in [3.63, 3.8) is 0 Å². The van der Waals surface area contributed by atoms with Crippen LogP contribution in [0.3, 0.4) is 0 Å². The van der Waals surface area contributed by atoms with Crippen LogP contribution in [-0.2, 0) is 14.3 Å². The molecule has 0 aromatic carbocycles. The van der Waals surface area contributed by atoms with Gasteiger partial charge in [-0.2, -0.15) is 0 Å². The first-order valence-electron chi connectivity index (χ1n) is 8.51. The Hall–Kier alpha value is -2.94. The van der Waals surface area contributed by atoms with Gasteiger partial charge in [0.1, 0.15) is 16.3 Å². The maximum Gasteiger partial charge on any atom is 0.342 e. The molecule has 0 bridgehead atoms. The lowest BCUT2D eigenvalue weighted by molar-refractivity contribution is -0.119. The summed E-state index contributed by atoms with van der Waals surface area (Å²) in [5, 5.41) is 2.93. The molecule has 28 heavy (non-hydrogen) atoms. The van der Waals surface area contributed by atoms with E-state index in [2.05, 4.69) is 5.32 Å². The van der Waals surface area contributed by atoms with Gasteiger partial charge in [-0.3, -0.25) is 4.79 Å². The summed E-state index contributed by atoms with van der Waals surface area (Å²) in [6, 6.07) is 1.17. The number of ether oxygens (including phenoxy) is 2. The topological polar surface area (TPSA) is 112 Å². The number of esters is 2. The van der Waals surface area contributed by atoms with Crippen LogP contribution in [-0.4, -0.2) is 31.1 Å². The molecule has 0 aliphatic carbocycles. The number of anilines is 1. The zero-order valence-corrected chi connectivity index (χ0v) is 17.1. The van der Waals surface area contributed by atoms with E-state index >= 15 is 0 Å². The van der Waals surface area contributed by atoms with Crippen LogP contribution in [0.2, 0.25) is 0 Å². The highest BCUT2D eigenvalue weighted by atomic mass is 32.1. The molecule has 0 aliphatic rings. The quantitative estimate of drug-likeness (QED) is 0.733. The molecule has 0 atom stereocenters. The zero-order valence-electron chi connectivity index (χ0n) is 16.3. The fourth-order valence-corrected chi connectivity index (χ4v) is 3.66. The van der Waals surface area contributed by atoms with Gasteiger partial charge in [0.2, 0.25) is 0 Å². The minimum atomic E-state index is -0.780. The lowest BCUT2D eigenvalue weighted by Crippen LogP contribution is -2.23. The Labute approximate surface area is 165 Å². The van der Waals surface area contributed by atoms with Gasteiger partial charge in [0.25, 0.3) is 5.91 Å². The van der Waals surface area contributed by atoms with Crippen LogP contribution in [0, 0.1) is 27.7 Å². The van der Waals surface area contributed by atoms with Gasteiger partial charge in [-0.1, -0.05) is 0 Å². The molecular weight excluding hydrogens is 386 g/mol. The van der Waals surface area contributed by atoms with Crippen LogP contribution < -0.4 is 10.9 Å². The molecule has 2 heterocycles. The van der Waals surface area contributed by atoms with E-state index in [4.69, 9.17) is 13.9 Å². The average Bonchev–Trinajstić information content (AvgIpc) is 2.86. The molecule has 2 aromatic rings. The van der Waals surface area contributed by atoms with Crippen molar-refractivity contribution < 1.29 is 28.3 Å². The number of aryl methyl sites for hydroxylation is 3. The summed E-state index contributed by atoms with van der Waals surface area (Å²) in [6.07, 6.45) is 0. The first-order chi connectivity index (χ1) is 13.1. The van der Waals surface area contributed by atoms with Gasteiger partial charge in [0, 0.05) is 10.9 Å². The molecule has 0 fully saturated rings. The normalized spacial score (nSPS) is 10.5. The second-order valence-corrected chi connectivity index (χ2v) is 7.24. The first kappa shape index (κ1) is 21.4. The summed E-state index contributed by atoms with van der Waals surface area (Å²) in [4.78, 5) is 48.8. The van der Waals surface area contributed by atoms with E-state index in [9.17, 15) is 19.2 Å². The van der Waals surface area contributed by atoms with Gasteiger partial charge < -0.3 is 19.2 Å². The average molecular weight is 407 g/mol. The van der Waals surface area contributed by atoms with Crippen molar-refractivity contribution in [3.05, 3.63) is 49.4 Å². The molecule has 9 heteroatoms. The van der Waals surface area contributed by atoms with Crippen molar-refractivity contribution >= 4 is 34.2 Å². The van der Waals surface area contributed by atoms with Crippen LogP contribution in [0.15, 0.2) is 15.3 Å². The highest BCUT2D eigenvalue weighted by molar-refractivity contribution is 7.16. The van der Waals surface area contributed by atoms with E-state index in [1.54, 1.807) is 20.8 Å². The van der Waals surface area contributed by atoms with E-state index in [1.165, 1.54) is 24.3 Å². The molecule has 0 unspecified atom stereocenters. The summed E-state index contributed by atoms with van der Waals surface area (Å²) in [7, 11) is 0. The molecule has 2 rings (SSSR count). The number of hydrogen-bond acceptors (Lipinski definition) is 8. The predicted molar refractivity (Wildman–Crippen MR) is 103 cm³/mol. The van der Waals surface area contributed by atoms with Crippen molar-refractivity contribution in [1.82, 2.24) is 0 Å². The second-order valence-electron chi connectivity index (χ2n) is 6.01. The van der Waals surface area contributed by atoms with E-state index in [0.717, 1.165) is 10.4 Å². The standard InChI is InChI=1S/C19H21NO7S/c1-6-25-19(24)16-10(3)12(5)28-17(16)20-13(21)8-26-18(23)15-9(2)7-14(22)27-11(15)4/h7H,6,8H2,1-5H3,(H,20,21). The van der Waals surface area contributed by atoms with Crippen LogP contribution in [0.1, 0.15) is 49.4 Å². The number of carbonyl (C=O) groups is 3. The van der Waals surface area contributed by atoms with Crippen LogP contribution in [0.25, 0.3) is 0 Å². The minimum Gasteiger partial charge on any atom is -0.462 e. The molecular formula is C19H21NO7S. The van der Waals surface area contributed by atoms with Crippen molar-refractivity contribution in [2.24, 2.45) is 0 Å². The fraction of sp³-hybridized carbons (Fsp3) is 0.368. The number of carbonyl (C=O) groups excluding carboxylic acids is 3. The Kier molecular flexibility index (Phi) is 6.74. The van der Waals surface area contributed by atoms with Gasteiger partial charge in [0.05, 0.1) is 12.2 Å². The maximum absolute atomic E-state index is 12.2. The lowest BCUT2D eigenvalue weighted by atomic mass is 10.1. The second kappa shape index (κ2) is 8.83. The van der Waals surface area contributed by atoms with Crippen LogP contribution in [0.5, 0.6) is 0 Å². The predicted octanol–water partition coefficient (Wildman–Crippen LogP) is 2.91. The summed E-state index contributed by atoms with van der Waals surface area (Å²) >= 11 is 1.24. The molecule has 1 N–H and O–H groups in total. The largest absolute Gasteiger partial charge is 0.462 e. The van der Waals surface area contributed by atoms with Crippen molar-refractivity contribution in [3.8, 4) is 0 Å². The third kappa shape index (κ3) is 4.66. The summed E-state index contributed by atoms with van der Waals surface area (Å²) in [6.45, 7) is 7.98. The summed E-state index contributed by atoms with van der Waals surface area (Å²) < 4.78 is 14.9. The van der Waals surface area contributed by atoms with Gasteiger partial charge >= 0.3 is 17.6 Å². The number of thiophene rings is 1. The molecule has 0 aliphatic heterocycles. The first-order valence-corrected chi connectivity index (χ1v) is 9.32. The summed E-state index contributed by atoms with van der Waals surface area (Å²) in [5.74, 6) is -1.79. The van der Waals surface area contributed by atoms with E-state index in [1.807, 2.05) is 6.92 Å². The lowest BCUT2D eigenvalue weighted by Gasteiger charge is -2.09. The number of amides is 1. The monoisotopic (exact) mass is 407 g/mol. The van der Waals surface area contributed by atoms with Gasteiger partial charge in [-0.25, -0.2) is 14.4 Å². The molecule has 8 nitrogen and oxygen atoms in total. The molecule has 0 spiro atoms. The number of rotatable bonds is 6. The summed E-state index contributed by atoms with van der Waals surface area (Å²) in [5.41, 5.74) is 0.941. The Morgan fingerprint density at radius 3 is 2.32 bits per heavy atom. The van der Waals surface area contributed by atoms with Gasteiger partial charge in [0.15, 0.2) is 6.61 Å². The Balaban J connectivity index is 2.10. The molecule has 1 amide bonds. The Bertz CT molecular complexity index is 961. The van der Waals surface area contributed by atoms with Crippen LogP contribution in [0.4, 0.5) is 5.00 Å². The smallest absolute Gasteiger partial charge is 0.342 e. The van der Waals surface area contributed by atoms with Crippen molar-refractivity contribution in [2.45, 2.75) is 34.6 Å². The van der Waals surface area contributed by atoms with Crippen molar-refractivity contribution in [2.75, 3.05) is 18.5 Å². The van der Waals surface area contributed by atoms with Crippen LogP contribution >= 0.6 is 11.3 Å². The van der Waals surface area contributed by atoms with E-state index in [0.29, 0.717) is 16.1 Å². The van der Waals surface area contributed by atoms with E-state index in [-0.39, 0.29) is 17.9 Å². The maximum atomic E-state index is 12.2. The minimum absolute atomic E-state index is 0.0995. The third-order valence-corrected chi connectivity index (χ3v) is 5.11. The molecule has 2 aromatic heterocycles. The number of hydrogen-bond donors (Lipinski definition) is 1. The van der Waals surface area contributed by atoms with Gasteiger partial charge in [-0.05, 0) is 45.7 Å². The number of nitrogens with one attached hydrogen (secondary N) is 1. The van der Waals surface area contributed by atoms with Crippen molar-refractivity contribution in [1.29, 1.82) is 0 Å².